The molecular weight excluding hydrogens is 452 g/mol. The van der Waals surface area contributed by atoms with Crippen molar-refractivity contribution in [3.63, 3.8) is 0 Å². The molecule has 0 aliphatic carbocycles. The minimum absolute atomic E-state index is 0. The number of unbranched alkanes of at least 4 members (excludes halogenated alkanes) is 1. The van der Waals surface area contributed by atoms with Crippen LogP contribution in [-0.4, -0.2) is 38.1 Å². The summed E-state index contributed by atoms with van der Waals surface area (Å²) < 4.78 is 0. The number of hydrogen-bond acceptors (Lipinski definition) is 2. The SMILES string of the molecule is CN=C(NCCCCSC)NCCc1c(Cl)cccc1Cl.I. The van der Waals surface area contributed by atoms with Crippen molar-refractivity contribution in [3.8, 4) is 0 Å². The van der Waals surface area contributed by atoms with Crippen molar-refractivity contribution in [1.29, 1.82) is 0 Å². The third-order valence-corrected chi connectivity index (χ3v) is 4.43. The van der Waals surface area contributed by atoms with E-state index in [-0.39, 0.29) is 24.0 Å². The summed E-state index contributed by atoms with van der Waals surface area (Å²) in [6.45, 7) is 1.68. The van der Waals surface area contributed by atoms with Gasteiger partial charge in [-0.25, -0.2) is 0 Å². The van der Waals surface area contributed by atoms with Crippen LogP contribution in [0.3, 0.4) is 0 Å². The molecule has 0 radical (unpaired) electrons. The summed E-state index contributed by atoms with van der Waals surface area (Å²) in [5.41, 5.74) is 0.976. The zero-order valence-electron chi connectivity index (χ0n) is 13.0. The Labute approximate surface area is 165 Å². The molecule has 0 amide bonds. The van der Waals surface area contributed by atoms with Crippen molar-refractivity contribution < 1.29 is 0 Å². The van der Waals surface area contributed by atoms with Crippen LogP contribution in [-0.2, 0) is 6.42 Å². The van der Waals surface area contributed by atoms with Crippen LogP contribution in [0, 0.1) is 0 Å². The molecule has 3 nitrogen and oxygen atoms in total. The van der Waals surface area contributed by atoms with E-state index in [1.54, 1.807) is 7.05 Å². The maximum Gasteiger partial charge on any atom is 0.190 e. The molecule has 0 fully saturated rings. The summed E-state index contributed by atoms with van der Waals surface area (Å²) in [6.07, 6.45) is 5.28. The van der Waals surface area contributed by atoms with E-state index in [4.69, 9.17) is 23.2 Å². The van der Waals surface area contributed by atoms with E-state index >= 15 is 0 Å². The van der Waals surface area contributed by atoms with E-state index in [2.05, 4.69) is 21.9 Å². The number of aliphatic imine (C=N–C) groups is 1. The van der Waals surface area contributed by atoms with Gasteiger partial charge in [-0.3, -0.25) is 4.99 Å². The summed E-state index contributed by atoms with van der Waals surface area (Å²) in [4.78, 5) is 4.21. The first-order valence-corrected chi connectivity index (χ1v) is 9.20. The predicted octanol–water partition coefficient (Wildman–Crippen LogP) is 4.46. The van der Waals surface area contributed by atoms with Crippen molar-refractivity contribution in [2.24, 2.45) is 4.99 Å². The first kappa shape index (κ1) is 22.1. The van der Waals surface area contributed by atoms with Gasteiger partial charge in [0, 0.05) is 30.2 Å². The first-order chi connectivity index (χ1) is 10.2. The van der Waals surface area contributed by atoms with Crippen LogP contribution in [0.15, 0.2) is 23.2 Å². The van der Waals surface area contributed by atoms with E-state index in [9.17, 15) is 0 Å². The number of nitrogens with zero attached hydrogens (tertiary/aromatic N) is 1. The lowest BCUT2D eigenvalue weighted by atomic mass is 10.1. The molecule has 22 heavy (non-hydrogen) atoms. The molecule has 2 N–H and O–H groups in total. The monoisotopic (exact) mass is 475 g/mol. The minimum atomic E-state index is 0. The fourth-order valence-corrected chi connectivity index (χ4v) is 2.96. The lowest BCUT2D eigenvalue weighted by molar-refractivity contribution is 0.730. The fraction of sp³-hybridized carbons (Fsp3) is 0.533. The number of hydrogen-bond donors (Lipinski definition) is 2. The molecule has 0 aliphatic rings. The van der Waals surface area contributed by atoms with Gasteiger partial charge in [-0.2, -0.15) is 11.8 Å². The first-order valence-electron chi connectivity index (χ1n) is 7.05. The second kappa shape index (κ2) is 13.6. The Morgan fingerprint density at radius 2 is 1.77 bits per heavy atom. The van der Waals surface area contributed by atoms with Crippen LogP contribution < -0.4 is 10.6 Å². The summed E-state index contributed by atoms with van der Waals surface area (Å²) in [5, 5.41) is 8.01. The highest BCUT2D eigenvalue weighted by Crippen LogP contribution is 2.24. The van der Waals surface area contributed by atoms with Crippen molar-refractivity contribution in [2.45, 2.75) is 19.3 Å². The summed E-state index contributed by atoms with van der Waals surface area (Å²) >= 11 is 14.2. The van der Waals surface area contributed by atoms with Crippen LogP contribution in [0.5, 0.6) is 0 Å². The zero-order valence-corrected chi connectivity index (χ0v) is 17.7. The summed E-state index contributed by atoms with van der Waals surface area (Å²) in [6, 6.07) is 5.58. The predicted molar refractivity (Wildman–Crippen MR) is 113 cm³/mol. The Hall–Kier alpha value is 0.150. The number of guanidine groups is 1. The van der Waals surface area contributed by atoms with E-state index in [1.807, 2.05) is 30.0 Å². The molecule has 0 heterocycles. The molecule has 1 aromatic carbocycles. The van der Waals surface area contributed by atoms with Gasteiger partial charge in [0.25, 0.3) is 0 Å². The van der Waals surface area contributed by atoms with Gasteiger partial charge in [-0.15, -0.1) is 24.0 Å². The molecule has 126 valence electrons. The molecule has 0 saturated heterocycles. The molecule has 0 saturated carbocycles. The Kier molecular flexibility index (Phi) is 13.7. The highest BCUT2D eigenvalue weighted by atomic mass is 127. The summed E-state index contributed by atoms with van der Waals surface area (Å²) in [5.74, 6) is 2.03. The molecule has 0 unspecified atom stereocenters. The smallest absolute Gasteiger partial charge is 0.190 e. The minimum Gasteiger partial charge on any atom is -0.356 e. The van der Waals surface area contributed by atoms with Gasteiger partial charge in [-0.05, 0) is 49.0 Å². The average Bonchev–Trinajstić information content (AvgIpc) is 2.48. The van der Waals surface area contributed by atoms with Crippen molar-refractivity contribution in [2.75, 3.05) is 32.1 Å². The van der Waals surface area contributed by atoms with E-state index < -0.39 is 0 Å². The van der Waals surface area contributed by atoms with Crippen LogP contribution in [0.25, 0.3) is 0 Å². The maximum absolute atomic E-state index is 6.15. The highest BCUT2D eigenvalue weighted by molar-refractivity contribution is 14.0. The van der Waals surface area contributed by atoms with Gasteiger partial charge in [-0.1, -0.05) is 29.3 Å². The Morgan fingerprint density at radius 1 is 1.14 bits per heavy atom. The van der Waals surface area contributed by atoms with Crippen molar-refractivity contribution in [1.82, 2.24) is 10.6 Å². The Balaban J connectivity index is 0.00000441. The van der Waals surface area contributed by atoms with Gasteiger partial charge in [0.2, 0.25) is 0 Å². The molecule has 0 atom stereocenters. The maximum atomic E-state index is 6.15. The fourth-order valence-electron chi connectivity index (χ4n) is 1.88. The van der Waals surface area contributed by atoms with Gasteiger partial charge in [0.15, 0.2) is 5.96 Å². The highest BCUT2D eigenvalue weighted by Gasteiger charge is 2.05. The number of rotatable bonds is 8. The topological polar surface area (TPSA) is 36.4 Å². The van der Waals surface area contributed by atoms with Crippen LogP contribution in [0.2, 0.25) is 10.0 Å². The molecule has 1 rings (SSSR count). The van der Waals surface area contributed by atoms with Crippen LogP contribution >= 0.6 is 58.9 Å². The molecule has 1 aromatic rings. The number of thioether (sulfide) groups is 1. The standard InChI is InChI=1S/C15H23Cl2N3S.HI/c1-18-15(19-9-3-4-11-21-2)20-10-8-12-13(16)6-5-7-14(12)17;/h5-7H,3-4,8-11H2,1-2H3,(H2,18,19,20);1H. The van der Waals surface area contributed by atoms with Crippen LogP contribution in [0.1, 0.15) is 18.4 Å². The Morgan fingerprint density at radius 3 is 2.36 bits per heavy atom. The summed E-state index contributed by atoms with van der Waals surface area (Å²) in [7, 11) is 1.78. The third kappa shape index (κ3) is 8.70. The van der Waals surface area contributed by atoms with Gasteiger partial charge < -0.3 is 10.6 Å². The molecular formula is C15H24Cl2IN3S. The molecule has 7 heteroatoms. The van der Waals surface area contributed by atoms with Crippen LogP contribution in [0.4, 0.5) is 0 Å². The molecule has 0 spiro atoms. The van der Waals surface area contributed by atoms with E-state index in [0.717, 1.165) is 37.5 Å². The van der Waals surface area contributed by atoms with Gasteiger partial charge >= 0.3 is 0 Å². The number of halogens is 3. The van der Waals surface area contributed by atoms with Gasteiger partial charge in [0.1, 0.15) is 0 Å². The lowest BCUT2D eigenvalue weighted by Gasteiger charge is -2.12. The molecule has 0 aromatic heterocycles. The molecule has 0 bridgehead atoms. The third-order valence-electron chi connectivity index (χ3n) is 3.02. The normalized spacial score (nSPS) is 11.0. The zero-order chi connectivity index (χ0) is 15.5. The number of nitrogens with one attached hydrogen (secondary N) is 2. The second-order valence-corrected chi connectivity index (χ2v) is 6.38. The Bertz CT molecular complexity index is 438. The second-order valence-electron chi connectivity index (χ2n) is 4.58. The van der Waals surface area contributed by atoms with Crippen molar-refractivity contribution in [3.05, 3.63) is 33.8 Å². The largest absolute Gasteiger partial charge is 0.356 e. The quantitative estimate of drug-likeness (QED) is 0.252. The van der Waals surface area contributed by atoms with Crippen molar-refractivity contribution >= 4 is 64.9 Å². The van der Waals surface area contributed by atoms with E-state index in [0.29, 0.717) is 10.0 Å². The van der Waals surface area contributed by atoms with Gasteiger partial charge in [0.05, 0.1) is 0 Å². The lowest BCUT2D eigenvalue weighted by Crippen LogP contribution is -2.38. The number of benzene rings is 1. The average molecular weight is 476 g/mol. The molecule has 0 aliphatic heterocycles. The van der Waals surface area contributed by atoms with E-state index in [1.165, 1.54) is 12.2 Å².